The molecule has 35 heavy (non-hydrogen) atoms. The van der Waals surface area contributed by atoms with Crippen molar-refractivity contribution in [2.45, 2.75) is 78.8 Å². The Morgan fingerprint density at radius 2 is 1.74 bits per heavy atom. The first-order valence-corrected chi connectivity index (χ1v) is 14.8. The molecule has 0 atom stereocenters. The van der Waals surface area contributed by atoms with Crippen molar-refractivity contribution < 1.29 is 18.0 Å². The Kier molecular flexibility index (Phi) is 9.76. The van der Waals surface area contributed by atoms with Gasteiger partial charge >= 0.3 is 0 Å². The number of hydrogen-bond donors (Lipinski definition) is 0. The number of nitrogens with zero attached hydrogens (tertiary/aromatic N) is 3. The van der Waals surface area contributed by atoms with Crippen molar-refractivity contribution in [1.82, 2.24) is 14.1 Å². The number of benzene rings is 1. The second kappa shape index (κ2) is 12.3. The summed E-state index contributed by atoms with van der Waals surface area (Å²) in [5.41, 5.74) is 2.18. The topological polar surface area (TPSA) is 78.0 Å². The van der Waals surface area contributed by atoms with Gasteiger partial charge < -0.3 is 9.80 Å². The molecule has 0 spiro atoms. The summed E-state index contributed by atoms with van der Waals surface area (Å²) in [7, 11) is -3.50. The predicted molar refractivity (Wildman–Crippen MR) is 139 cm³/mol. The maximum atomic E-state index is 13.7. The Hall–Kier alpha value is -1.93. The zero-order valence-corrected chi connectivity index (χ0v) is 22.7. The normalized spacial score (nSPS) is 17.3. The second-order valence-corrected chi connectivity index (χ2v) is 12.7. The third kappa shape index (κ3) is 7.78. The van der Waals surface area contributed by atoms with Gasteiger partial charge in [-0.3, -0.25) is 9.59 Å². The number of hydrogen-bond acceptors (Lipinski definition) is 4. The molecule has 1 saturated heterocycles. The van der Waals surface area contributed by atoms with Gasteiger partial charge in [0.2, 0.25) is 21.8 Å². The average molecular weight is 506 g/mol. The lowest BCUT2D eigenvalue weighted by molar-refractivity contribution is -0.138. The lowest BCUT2D eigenvalue weighted by Crippen LogP contribution is -2.51. The number of carbonyl (C=O) groups is 2. The van der Waals surface area contributed by atoms with Gasteiger partial charge in [0.1, 0.15) is 0 Å². The quantitative estimate of drug-likeness (QED) is 0.433. The molecule has 1 saturated carbocycles. The van der Waals surface area contributed by atoms with Gasteiger partial charge in [-0.15, -0.1) is 0 Å². The molecule has 2 amide bonds. The monoisotopic (exact) mass is 505 g/mol. The van der Waals surface area contributed by atoms with E-state index in [4.69, 9.17) is 0 Å². The fraction of sp³-hybridized carbons (Fsp3) is 0.704. The smallest absolute Gasteiger partial charge is 0.238 e. The van der Waals surface area contributed by atoms with Gasteiger partial charge in [0.15, 0.2) is 0 Å². The number of likely N-dealkylation sites (tertiary alicyclic amines) is 1. The van der Waals surface area contributed by atoms with E-state index in [1.54, 1.807) is 0 Å². The Morgan fingerprint density at radius 1 is 1.09 bits per heavy atom. The summed E-state index contributed by atoms with van der Waals surface area (Å²) in [6.45, 7) is 10.0. The van der Waals surface area contributed by atoms with E-state index in [0.717, 1.165) is 43.2 Å². The molecule has 0 bridgehead atoms. The van der Waals surface area contributed by atoms with Crippen molar-refractivity contribution in [3.63, 3.8) is 0 Å². The minimum Gasteiger partial charge on any atom is -0.342 e. The van der Waals surface area contributed by atoms with Crippen molar-refractivity contribution in [2.24, 2.45) is 11.8 Å². The summed E-state index contributed by atoms with van der Waals surface area (Å²) in [5.74, 6) is 0.711. The van der Waals surface area contributed by atoms with Crippen LogP contribution < -0.4 is 0 Å². The molecule has 0 N–H and O–H groups in total. The van der Waals surface area contributed by atoms with Crippen LogP contribution in [-0.2, 0) is 26.2 Å². The number of piperidine rings is 1. The van der Waals surface area contributed by atoms with Crippen molar-refractivity contribution in [3.8, 4) is 0 Å². The zero-order valence-electron chi connectivity index (χ0n) is 21.9. The fourth-order valence-electron chi connectivity index (χ4n) is 4.73. The van der Waals surface area contributed by atoms with Crippen molar-refractivity contribution in [1.29, 1.82) is 0 Å². The van der Waals surface area contributed by atoms with E-state index < -0.39 is 10.0 Å². The van der Waals surface area contributed by atoms with Crippen LogP contribution in [0.5, 0.6) is 0 Å². The van der Waals surface area contributed by atoms with Crippen LogP contribution in [0.15, 0.2) is 24.3 Å². The summed E-state index contributed by atoms with van der Waals surface area (Å²) >= 11 is 0. The number of aryl methyl sites for hydroxylation is 1. The molecular formula is C27H43N3O4S. The van der Waals surface area contributed by atoms with Gasteiger partial charge in [-0.2, -0.15) is 4.31 Å². The molecule has 1 aromatic carbocycles. The summed E-state index contributed by atoms with van der Waals surface area (Å²) in [6.07, 6.45) is 4.68. The fourth-order valence-corrected chi connectivity index (χ4v) is 6.19. The van der Waals surface area contributed by atoms with Gasteiger partial charge in [0.25, 0.3) is 0 Å². The SMILES string of the molecule is CCCS(=O)(=O)N(CCC(C)C)CC(=O)N(Cc1ccccc1C)C1CCN(C(=O)C2CC2)CC1. The lowest BCUT2D eigenvalue weighted by Gasteiger charge is -2.39. The van der Waals surface area contributed by atoms with Crippen LogP contribution in [0.2, 0.25) is 0 Å². The molecule has 3 rings (SSSR count). The van der Waals surface area contributed by atoms with E-state index in [0.29, 0.717) is 38.5 Å². The molecule has 0 aromatic heterocycles. The first-order valence-electron chi connectivity index (χ1n) is 13.2. The van der Waals surface area contributed by atoms with Crippen LogP contribution in [0.4, 0.5) is 0 Å². The highest BCUT2D eigenvalue weighted by molar-refractivity contribution is 7.89. The van der Waals surface area contributed by atoms with Crippen LogP contribution in [-0.4, -0.2) is 72.3 Å². The highest BCUT2D eigenvalue weighted by atomic mass is 32.2. The third-order valence-corrected chi connectivity index (χ3v) is 9.21. The molecule has 7 nitrogen and oxygen atoms in total. The van der Waals surface area contributed by atoms with E-state index in [2.05, 4.69) is 13.8 Å². The van der Waals surface area contributed by atoms with Crippen molar-refractivity contribution in [2.75, 3.05) is 31.9 Å². The van der Waals surface area contributed by atoms with Crippen LogP contribution in [0.3, 0.4) is 0 Å². The van der Waals surface area contributed by atoms with Crippen molar-refractivity contribution >= 4 is 21.8 Å². The minimum atomic E-state index is -3.50. The van der Waals surface area contributed by atoms with E-state index >= 15 is 0 Å². The maximum absolute atomic E-state index is 13.7. The summed E-state index contributed by atoms with van der Waals surface area (Å²) in [4.78, 5) is 30.1. The van der Waals surface area contributed by atoms with Crippen LogP contribution in [0, 0.1) is 18.8 Å². The van der Waals surface area contributed by atoms with Gasteiger partial charge in [0, 0.05) is 38.1 Å². The Labute approximate surface area is 211 Å². The Morgan fingerprint density at radius 3 is 2.31 bits per heavy atom. The maximum Gasteiger partial charge on any atom is 0.238 e. The van der Waals surface area contributed by atoms with E-state index in [-0.39, 0.29) is 36.1 Å². The number of sulfonamides is 1. The lowest BCUT2D eigenvalue weighted by atomic mass is 10.0. The highest BCUT2D eigenvalue weighted by Crippen LogP contribution is 2.32. The van der Waals surface area contributed by atoms with E-state index in [9.17, 15) is 18.0 Å². The standard InChI is InChI=1S/C27H43N3O4S/c1-5-18-35(33,34)29(17-12-21(2)3)20-26(31)30(19-24-9-7-6-8-22(24)4)25-13-15-28(16-14-25)27(32)23-10-11-23/h6-9,21,23,25H,5,10-20H2,1-4H3. The zero-order chi connectivity index (χ0) is 25.6. The van der Waals surface area contributed by atoms with Gasteiger partial charge in [-0.1, -0.05) is 45.0 Å². The molecule has 1 heterocycles. The summed E-state index contributed by atoms with van der Waals surface area (Å²) in [6, 6.07) is 8.02. The van der Waals surface area contributed by atoms with Crippen LogP contribution in [0.25, 0.3) is 0 Å². The summed E-state index contributed by atoms with van der Waals surface area (Å²) in [5, 5.41) is 0. The third-order valence-electron chi connectivity index (χ3n) is 7.19. The van der Waals surface area contributed by atoms with Crippen LogP contribution in [0.1, 0.15) is 70.4 Å². The second-order valence-electron chi connectivity index (χ2n) is 10.6. The predicted octanol–water partition coefficient (Wildman–Crippen LogP) is 3.81. The number of rotatable bonds is 12. The molecule has 1 aliphatic heterocycles. The van der Waals surface area contributed by atoms with Gasteiger partial charge in [0.05, 0.1) is 12.3 Å². The molecule has 2 fully saturated rings. The van der Waals surface area contributed by atoms with Gasteiger partial charge in [-0.05, 0) is 62.5 Å². The molecule has 2 aliphatic rings. The largest absolute Gasteiger partial charge is 0.342 e. The Bertz CT molecular complexity index is 966. The number of carbonyl (C=O) groups excluding carboxylic acids is 2. The molecule has 1 aliphatic carbocycles. The van der Waals surface area contributed by atoms with Crippen molar-refractivity contribution in [3.05, 3.63) is 35.4 Å². The molecule has 1 aromatic rings. The average Bonchev–Trinajstić information content (AvgIpc) is 3.66. The minimum absolute atomic E-state index is 0.00816. The first-order chi connectivity index (χ1) is 16.6. The molecule has 196 valence electrons. The molecular weight excluding hydrogens is 462 g/mol. The first kappa shape index (κ1) is 27.7. The van der Waals surface area contributed by atoms with E-state index in [1.165, 1.54) is 4.31 Å². The number of amides is 2. The van der Waals surface area contributed by atoms with E-state index in [1.807, 2.05) is 47.9 Å². The highest BCUT2D eigenvalue weighted by Gasteiger charge is 2.37. The summed E-state index contributed by atoms with van der Waals surface area (Å²) < 4.78 is 27.4. The van der Waals surface area contributed by atoms with Gasteiger partial charge in [-0.25, -0.2) is 8.42 Å². The molecule has 0 radical (unpaired) electrons. The Balaban J connectivity index is 1.78. The van der Waals surface area contributed by atoms with Crippen LogP contribution >= 0.6 is 0 Å². The molecule has 0 unspecified atom stereocenters. The molecule has 8 heteroatoms.